The van der Waals surface area contributed by atoms with E-state index in [2.05, 4.69) is 41.1 Å². The molecular weight excluding hydrogens is 495 g/mol. The van der Waals surface area contributed by atoms with Crippen molar-refractivity contribution in [3.05, 3.63) is 72.6 Å². The molecule has 0 amide bonds. The number of fused-ring (bicyclic) bond motifs is 2. The van der Waals surface area contributed by atoms with Crippen molar-refractivity contribution in [1.29, 1.82) is 0 Å². The van der Waals surface area contributed by atoms with Gasteiger partial charge in [0.15, 0.2) is 11.5 Å². The molecule has 5 aromatic heterocycles. The first kappa shape index (κ1) is 23.4. The Labute approximate surface area is 222 Å². The molecule has 0 unspecified atom stereocenters. The molecule has 7 rings (SSSR count). The zero-order valence-electron chi connectivity index (χ0n) is 21.0. The van der Waals surface area contributed by atoms with Crippen LogP contribution in [0.4, 0.5) is 4.39 Å². The van der Waals surface area contributed by atoms with E-state index in [1.54, 1.807) is 12.3 Å². The number of halogens is 1. The summed E-state index contributed by atoms with van der Waals surface area (Å²) in [6.45, 7) is 3.16. The van der Waals surface area contributed by atoms with Gasteiger partial charge in [0.25, 0.3) is 0 Å². The molecule has 1 saturated heterocycles. The van der Waals surface area contributed by atoms with Gasteiger partial charge in [-0.15, -0.1) is 0 Å². The summed E-state index contributed by atoms with van der Waals surface area (Å²) in [5, 5.41) is 18.2. The molecule has 1 fully saturated rings. The second-order valence-electron chi connectivity index (χ2n) is 9.95. The van der Waals surface area contributed by atoms with Crippen LogP contribution in [0, 0.1) is 5.82 Å². The van der Waals surface area contributed by atoms with Crippen LogP contribution in [0.15, 0.2) is 61.2 Å². The van der Waals surface area contributed by atoms with Gasteiger partial charge in [-0.3, -0.25) is 20.0 Å². The zero-order valence-corrected chi connectivity index (χ0v) is 21.0. The maximum Gasteiger partial charge on any atom is 0.181 e. The van der Waals surface area contributed by atoms with E-state index in [0.29, 0.717) is 33.9 Å². The van der Waals surface area contributed by atoms with E-state index in [9.17, 15) is 9.50 Å². The molecule has 9 nitrogen and oxygen atoms in total. The number of aromatic amines is 2. The molecule has 10 heteroatoms. The number of imidazole rings is 1. The minimum absolute atomic E-state index is 0.174. The van der Waals surface area contributed by atoms with Gasteiger partial charge >= 0.3 is 0 Å². The summed E-state index contributed by atoms with van der Waals surface area (Å²) in [4.78, 5) is 24.1. The van der Waals surface area contributed by atoms with Crippen molar-refractivity contribution in [3.63, 3.8) is 0 Å². The van der Waals surface area contributed by atoms with Crippen molar-refractivity contribution >= 4 is 22.1 Å². The summed E-state index contributed by atoms with van der Waals surface area (Å²) in [5.41, 5.74) is 6.54. The number of H-pyrrole nitrogens is 2. The molecule has 6 heterocycles. The number of phenols is 1. The Morgan fingerprint density at radius 2 is 1.79 bits per heavy atom. The highest BCUT2D eigenvalue weighted by Gasteiger charge is 2.18. The van der Waals surface area contributed by atoms with Crippen LogP contribution in [0.25, 0.3) is 56.0 Å². The molecule has 0 bridgehead atoms. The molecular formula is C29H25FN8O. The van der Waals surface area contributed by atoms with E-state index in [-0.39, 0.29) is 5.75 Å². The Hall–Kier alpha value is -4.70. The number of aromatic nitrogens is 7. The number of nitrogens with one attached hydrogen (secondary N) is 2. The average molecular weight is 521 g/mol. The lowest BCUT2D eigenvalue weighted by Gasteiger charge is -2.26. The summed E-state index contributed by atoms with van der Waals surface area (Å²) in [6, 6.07) is 9.87. The number of aromatic hydroxyl groups is 1. The highest BCUT2D eigenvalue weighted by atomic mass is 19.1. The van der Waals surface area contributed by atoms with Gasteiger partial charge in [-0.2, -0.15) is 5.10 Å². The summed E-state index contributed by atoms with van der Waals surface area (Å²) in [7, 11) is 0. The Balaban J connectivity index is 1.26. The van der Waals surface area contributed by atoms with Crippen molar-refractivity contribution in [3.8, 4) is 39.7 Å². The fraction of sp³-hybridized carbons (Fsp3) is 0.207. The van der Waals surface area contributed by atoms with Gasteiger partial charge in [-0.1, -0.05) is 6.42 Å². The predicted molar refractivity (Wildman–Crippen MR) is 146 cm³/mol. The minimum Gasteiger partial charge on any atom is -0.508 e. The van der Waals surface area contributed by atoms with Crippen molar-refractivity contribution in [2.75, 3.05) is 13.1 Å². The molecule has 0 atom stereocenters. The lowest BCUT2D eigenvalue weighted by Crippen LogP contribution is -2.29. The summed E-state index contributed by atoms with van der Waals surface area (Å²) >= 11 is 0. The van der Waals surface area contributed by atoms with Crippen molar-refractivity contribution in [2.45, 2.75) is 25.8 Å². The lowest BCUT2D eigenvalue weighted by molar-refractivity contribution is 0.220. The molecule has 1 aliphatic rings. The molecule has 1 aromatic carbocycles. The van der Waals surface area contributed by atoms with Gasteiger partial charge in [-0.25, -0.2) is 14.4 Å². The molecule has 0 saturated carbocycles. The Morgan fingerprint density at radius 3 is 2.67 bits per heavy atom. The Morgan fingerprint density at radius 1 is 0.923 bits per heavy atom. The average Bonchev–Trinajstić information content (AvgIpc) is 3.57. The van der Waals surface area contributed by atoms with Crippen LogP contribution in [0.3, 0.4) is 0 Å². The summed E-state index contributed by atoms with van der Waals surface area (Å²) < 4.78 is 14.0. The quantitative estimate of drug-likeness (QED) is 0.276. The number of hydrogen-bond donors (Lipinski definition) is 3. The van der Waals surface area contributed by atoms with Crippen LogP contribution in [0.1, 0.15) is 24.8 Å². The standard InChI is InChI=1S/C29H25FN8O/c30-21-9-18(10-22(39)12-21)25-27-24(4-5-32-25)34-29(35-27)26-23-11-20(15-33-28(23)37-36-26)19-8-17(13-31-14-19)16-38-6-2-1-3-7-38/h4-5,8-15,39H,1-3,6-7,16H2,(H,34,35)(H,33,36,37). The number of benzene rings is 1. The highest BCUT2D eigenvalue weighted by Crippen LogP contribution is 2.33. The molecule has 1 aliphatic heterocycles. The van der Waals surface area contributed by atoms with Crippen LogP contribution in [0.5, 0.6) is 5.75 Å². The second-order valence-corrected chi connectivity index (χ2v) is 9.95. The molecule has 0 spiro atoms. The van der Waals surface area contributed by atoms with Crippen LogP contribution in [0.2, 0.25) is 0 Å². The van der Waals surface area contributed by atoms with Crippen molar-refractivity contribution in [1.82, 2.24) is 40.0 Å². The van der Waals surface area contributed by atoms with E-state index in [1.807, 2.05) is 24.7 Å². The van der Waals surface area contributed by atoms with Crippen LogP contribution in [-0.4, -0.2) is 58.2 Å². The molecule has 0 aliphatic carbocycles. The van der Waals surface area contributed by atoms with Crippen molar-refractivity contribution < 1.29 is 9.50 Å². The first-order chi connectivity index (χ1) is 19.1. The first-order valence-corrected chi connectivity index (χ1v) is 13.0. The van der Waals surface area contributed by atoms with Crippen LogP contribution >= 0.6 is 0 Å². The third kappa shape index (κ3) is 4.48. The van der Waals surface area contributed by atoms with E-state index in [0.717, 1.165) is 47.7 Å². The topological polar surface area (TPSA) is 120 Å². The fourth-order valence-electron chi connectivity index (χ4n) is 5.32. The van der Waals surface area contributed by atoms with Gasteiger partial charge in [0.05, 0.1) is 16.6 Å². The number of pyridine rings is 3. The van der Waals surface area contributed by atoms with Crippen LogP contribution in [-0.2, 0) is 6.54 Å². The Kier molecular flexibility index (Phi) is 5.74. The van der Waals surface area contributed by atoms with Gasteiger partial charge in [0.2, 0.25) is 0 Å². The number of piperidine rings is 1. The van der Waals surface area contributed by atoms with E-state index < -0.39 is 5.82 Å². The fourth-order valence-corrected chi connectivity index (χ4v) is 5.32. The summed E-state index contributed by atoms with van der Waals surface area (Å²) in [6.07, 6.45) is 11.0. The van der Waals surface area contributed by atoms with E-state index >= 15 is 0 Å². The molecule has 3 N–H and O–H groups in total. The lowest BCUT2D eigenvalue weighted by atomic mass is 10.1. The smallest absolute Gasteiger partial charge is 0.181 e. The molecule has 194 valence electrons. The number of phenolic OH excluding ortho intramolecular Hbond substituents is 1. The maximum absolute atomic E-state index is 14.0. The monoisotopic (exact) mass is 520 g/mol. The predicted octanol–water partition coefficient (Wildman–Crippen LogP) is 5.46. The van der Waals surface area contributed by atoms with E-state index in [4.69, 9.17) is 4.98 Å². The van der Waals surface area contributed by atoms with Gasteiger partial charge in [-0.05, 0) is 61.8 Å². The highest BCUT2D eigenvalue weighted by molar-refractivity contribution is 5.96. The third-order valence-corrected chi connectivity index (χ3v) is 7.19. The number of nitrogens with zero attached hydrogens (tertiary/aromatic N) is 6. The molecule has 0 radical (unpaired) electrons. The van der Waals surface area contributed by atoms with E-state index in [1.165, 1.54) is 37.0 Å². The first-order valence-electron chi connectivity index (χ1n) is 13.0. The largest absolute Gasteiger partial charge is 0.508 e. The van der Waals surface area contributed by atoms with Crippen LogP contribution < -0.4 is 0 Å². The minimum atomic E-state index is -0.549. The Bertz CT molecular complexity index is 1800. The van der Waals surface area contributed by atoms with Crippen molar-refractivity contribution in [2.24, 2.45) is 0 Å². The van der Waals surface area contributed by atoms with Gasteiger partial charge < -0.3 is 10.1 Å². The third-order valence-electron chi connectivity index (χ3n) is 7.19. The zero-order chi connectivity index (χ0) is 26.3. The normalized spacial score (nSPS) is 14.4. The number of likely N-dealkylation sites (tertiary alicyclic amines) is 1. The summed E-state index contributed by atoms with van der Waals surface area (Å²) in [5.74, 6) is -0.169. The molecule has 6 aromatic rings. The maximum atomic E-state index is 14.0. The van der Waals surface area contributed by atoms with Gasteiger partial charge in [0.1, 0.15) is 22.8 Å². The SMILES string of the molecule is Oc1cc(F)cc(-c2nccc3[nH]c(-c4[nH]nc5ncc(-c6cncc(CN7CCCCC7)c6)cc45)nc23)c1. The molecule has 39 heavy (non-hydrogen) atoms. The number of rotatable bonds is 5. The second kappa shape index (κ2) is 9.55. The van der Waals surface area contributed by atoms with Gasteiger partial charge in [0, 0.05) is 54.1 Å². The number of hydrogen-bond acceptors (Lipinski definition) is 7.